The predicted molar refractivity (Wildman–Crippen MR) is 105 cm³/mol. The zero-order chi connectivity index (χ0) is 19.1. The van der Waals surface area contributed by atoms with Crippen molar-refractivity contribution in [1.82, 2.24) is 4.90 Å². The molecule has 1 N–H and O–H groups in total. The van der Waals surface area contributed by atoms with Crippen LogP contribution in [0.4, 0.5) is 11.4 Å². The predicted octanol–water partition coefficient (Wildman–Crippen LogP) is 3.61. The van der Waals surface area contributed by atoms with Gasteiger partial charge in [0.2, 0.25) is 0 Å². The standard InChI is InChI=1S/C20H20ClN3O3/c1-23-16-10-12(5-7-14(16)20(26)24-9-3-4-18(23)24)19(25)22-13-6-8-17(27-2)15(21)11-13/h5-8,10-11,18H,3-4,9H2,1-2H3,(H,22,25)/t18-/m0/s1. The van der Waals surface area contributed by atoms with Crippen LogP contribution < -0.4 is 15.0 Å². The van der Waals surface area contributed by atoms with E-state index in [1.807, 2.05) is 11.9 Å². The van der Waals surface area contributed by atoms with E-state index in [1.54, 1.807) is 36.4 Å². The molecular weight excluding hydrogens is 366 g/mol. The number of halogens is 1. The molecule has 27 heavy (non-hydrogen) atoms. The normalized spacial score (nSPS) is 18.2. The maximum Gasteiger partial charge on any atom is 0.257 e. The van der Waals surface area contributed by atoms with Crippen molar-refractivity contribution in [1.29, 1.82) is 0 Å². The second-order valence-electron chi connectivity index (χ2n) is 6.77. The first-order valence-electron chi connectivity index (χ1n) is 8.82. The maximum atomic E-state index is 12.7. The summed E-state index contributed by atoms with van der Waals surface area (Å²) < 4.78 is 5.12. The Bertz CT molecular complexity index is 931. The molecule has 4 rings (SSSR count). The summed E-state index contributed by atoms with van der Waals surface area (Å²) >= 11 is 6.12. The molecule has 1 atom stereocenters. The number of nitrogens with one attached hydrogen (secondary N) is 1. The van der Waals surface area contributed by atoms with E-state index in [-0.39, 0.29) is 18.0 Å². The Morgan fingerprint density at radius 2 is 2.07 bits per heavy atom. The third kappa shape index (κ3) is 3.00. The van der Waals surface area contributed by atoms with Gasteiger partial charge in [0.15, 0.2) is 0 Å². The first-order valence-corrected chi connectivity index (χ1v) is 9.20. The average molecular weight is 386 g/mol. The minimum absolute atomic E-state index is 0.0412. The number of ether oxygens (including phenoxy) is 1. The molecule has 2 aliphatic heterocycles. The van der Waals surface area contributed by atoms with Gasteiger partial charge in [-0.3, -0.25) is 9.59 Å². The quantitative estimate of drug-likeness (QED) is 0.876. The van der Waals surface area contributed by atoms with Crippen molar-refractivity contribution in [2.45, 2.75) is 19.0 Å². The third-order valence-corrected chi connectivity index (χ3v) is 5.50. The fourth-order valence-corrected chi connectivity index (χ4v) is 4.05. The van der Waals surface area contributed by atoms with Gasteiger partial charge in [-0.15, -0.1) is 0 Å². The van der Waals surface area contributed by atoms with Crippen LogP contribution >= 0.6 is 11.6 Å². The molecule has 1 saturated heterocycles. The number of hydrogen-bond donors (Lipinski definition) is 1. The average Bonchev–Trinajstić information content (AvgIpc) is 3.16. The molecule has 140 valence electrons. The molecule has 1 fully saturated rings. The summed E-state index contributed by atoms with van der Waals surface area (Å²) in [6.07, 6.45) is 2.02. The van der Waals surface area contributed by atoms with Gasteiger partial charge in [-0.25, -0.2) is 0 Å². The van der Waals surface area contributed by atoms with Crippen LogP contribution in [0.2, 0.25) is 5.02 Å². The zero-order valence-corrected chi connectivity index (χ0v) is 15.9. The van der Waals surface area contributed by atoms with Crippen LogP contribution in [-0.4, -0.2) is 43.6 Å². The SMILES string of the molecule is COc1ccc(NC(=O)c2ccc3c(c2)N(C)[C@@H]2CCCN2C3=O)cc1Cl. The van der Waals surface area contributed by atoms with Crippen LogP contribution in [0.5, 0.6) is 5.75 Å². The van der Waals surface area contributed by atoms with Crippen LogP contribution in [0.3, 0.4) is 0 Å². The van der Waals surface area contributed by atoms with E-state index in [0.717, 1.165) is 25.1 Å². The van der Waals surface area contributed by atoms with Crippen LogP contribution in [0.1, 0.15) is 33.6 Å². The first kappa shape index (κ1) is 17.7. The van der Waals surface area contributed by atoms with Crippen molar-refractivity contribution in [2.75, 3.05) is 30.9 Å². The van der Waals surface area contributed by atoms with Crippen molar-refractivity contribution in [3.05, 3.63) is 52.5 Å². The summed E-state index contributed by atoms with van der Waals surface area (Å²) in [5.41, 5.74) is 2.50. The highest BCUT2D eigenvalue weighted by molar-refractivity contribution is 6.32. The Morgan fingerprint density at radius 1 is 1.26 bits per heavy atom. The van der Waals surface area contributed by atoms with Gasteiger partial charge in [-0.2, -0.15) is 0 Å². The molecule has 2 amide bonds. The monoisotopic (exact) mass is 385 g/mol. The van der Waals surface area contributed by atoms with E-state index in [1.165, 1.54) is 7.11 Å². The molecule has 2 heterocycles. The van der Waals surface area contributed by atoms with E-state index < -0.39 is 0 Å². The summed E-state index contributed by atoms with van der Waals surface area (Å²) in [5, 5.41) is 3.26. The highest BCUT2D eigenvalue weighted by Gasteiger charge is 2.38. The molecule has 0 bridgehead atoms. The molecule has 2 aliphatic rings. The molecule has 0 spiro atoms. The van der Waals surface area contributed by atoms with Gasteiger partial charge in [0.1, 0.15) is 11.9 Å². The molecule has 2 aromatic rings. The number of anilines is 2. The van der Waals surface area contributed by atoms with Crippen molar-refractivity contribution in [2.24, 2.45) is 0 Å². The number of benzene rings is 2. The Labute approximate surface area is 162 Å². The fraction of sp³-hybridized carbons (Fsp3) is 0.300. The molecule has 0 aromatic heterocycles. The van der Waals surface area contributed by atoms with Crippen molar-refractivity contribution in [3.8, 4) is 5.75 Å². The van der Waals surface area contributed by atoms with E-state index in [2.05, 4.69) is 10.2 Å². The Morgan fingerprint density at radius 3 is 2.81 bits per heavy atom. The van der Waals surface area contributed by atoms with Crippen LogP contribution in [0, 0.1) is 0 Å². The summed E-state index contributed by atoms with van der Waals surface area (Å²) in [7, 11) is 3.51. The van der Waals surface area contributed by atoms with E-state index in [9.17, 15) is 9.59 Å². The largest absolute Gasteiger partial charge is 0.495 e. The van der Waals surface area contributed by atoms with Gasteiger partial charge in [0.25, 0.3) is 11.8 Å². The highest BCUT2D eigenvalue weighted by Crippen LogP contribution is 2.35. The molecular formula is C20H20ClN3O3. The van der Waals surface area contributed by atoms with Crippen molar-refractivity contribution >= 4 is 34.8 Å². The second-order valence-corrected chi connectivity index (χ2v) is 7.17. The van der Waals surface area contributed by atoms with E-state index in [0.29, 0.717) is 27.6 Å². The lowest BCUT2D eigenvalue weighted by atomic mass is 10.0. The summed E-state index contributed by atoms with van der Waals surface area (Å²) in [4.78, 5) is 29.4. The number of methoxy groups -OCH3 is 1. The molecule has 0 aliphatic carbocycles. The molecule has 2 aromatic carbocycles. The number of nitrogens with zero attached hydrogens (tertiary/aromatic N) is 2. The van der Waals surface area contributed by atoms with E-state index in [4.69, 9.17) is 16.3 Å². The summed E-state index contributed by atoms with van der Waals surface area (Å²) in [6, 6.07) is 10.3. The van der Waals surface area contributed by atoms with E-state index >= 15 is 0 Å². The lowest BCUT2D eigenvalue weighted by molar-refractivity contribution is 0.0719. The molecule has 6 nitrogen and oxygen atoms in total. The highest BCUT2D eigenvalue weighted by atomic mass is 35.5. The number of carbonyl (C=O) groups excluding carboxylic acids is 2. The van der Waals surface area contributed by atoms with Crippen molar-refractivity contribution < 1.29 is 14.3 Å². The van der Waals surface area contributed by atoms with Gasteiger partial charge >= 0.3 is 0 Å². The fourth-order valence-electron chi connectivity index (χ4n) is 3.80. The summed E-state index contributed by atoms with van der Waals surface area (Å²) in [5.74, 6) is 0.331. The minimum Gasteiger partial charge on any atom is -0.495 e. The lowest BCUT2D eigenvalue weighted by Gasteiger charge is -2.40. The number of amides is 2. The third-order valence-electron chi connectivity index (χ3n) is 5.21. The van der Waals surface area contributed by atoms with Gasteiger partial charge in [-0.05, 0) is 49.2 Å². The molecule has 0 saturated carbocycles. The molecule has 0 unspecified atom stereocenters. The Kier molecular flexibility index (Phi) is 4.44. The maximum absolute atomic E-state index is 12.7. The first-order chi connectivity index (χ1) is 13.0. The van der Waals surface area contributed by atoms with Crippen LogP contribution in [-0.2, 0) is 0 Å². The minimum atomic E-state index is -0.256. The van der Waals surface area contributed by atoms with Crippen LogP contribution in [0.25, 0.3) is 0 Å². The number of rotatable bonds is 3. The lowest BCUT2D eigenvalue weighted by Crippen LogP contribution is -2.50. The van der Waals surface area contributed by atoms with Gasteiger partial charge in [-0.1, -0.05) is 11.6 Å². The Hall–Kier alpha value is -2.73. The smallest absolute Gasteiger partial charge is 0.257 e. The number of hydrogen-bond acceptors (Lipinski definition) is 4. The van der Waals surface area contributed by atoms with Crippen molar-refractivity contribution in [3.63, 3.8) is 0 Å². The van der Waals surface area contributed by atoms with Gasteiger partial charge in [0.05, 0.1) is 23.4 Å². The van der Waals surface area contributed by atoms with Gasteiger partial charge in [0, 0.05) is 24.8 Å². The second kappa shape index (κ2) is 6.78. The zero-order valence-electron chi connectivity index (χ0n) is 15.2. The topological polar surface area (TPSA) is 61.9 Å². The van der Waals surface area contributed by atoms with Crippen LogP contribution in [0.15, 0.2) is 36.4 Å². The molecule has 0 radical (unpaired) electrons. The summed E-state index contributed by atoms with van der Waals surface area (Å²) in [6.45, 7) is 0.785. The van der Waals surface area contributed by atoms with Gasteiger partial charge < -0.3 is 19.9 Å². The molecule has 7 heteroatoms. The number of carbonyl (C=O) groups is 2. The Balaban J connectivity index is 1.60. The number of fused-ring (bicyclic) bond motifs is 2.